The molecule has 3 rings (SSSR count). The minimum Gasteiger partial charge on any atom is -0.495 e. The van der Waals surface area contributed by atoms with E-state index in [1.807, 2.05) is 4.90 Å². The van der Waals surface area contributed by atoms with Gasteiger partial charge in [-0.3, -0.25) is 14.5 Å². The van der Waals surface area contributed by atoms with E-state index in [1.165, 1.54) is 23.5 Å². The van der Waals surface area contributed by atoms with Gasteiger partial charge in [-0.05, 0) is 57.0 Å². The number of benzene rings is 1. The molecule has 0 bridgehead atoms. The van der Waals surface area contributed by atoms with Crippen LogP contribution in [0.2, 0.25) is 0 Å². The van der Waals surface area contributed by atoms with Gasteiger partial charge in [0.25, 0.3) is 0 Å². The van der Waals surface area contributed by atoms with Crippen molar-refractivity contribution >= 4 is 27.5 Å². The number of primary amides is 1. The summed E-state index contributed by atoms with van der Waals surface area (Å²) >= 11 is 0. The Balaban J connectivity index is 1.69. The normalized spacial score (nSPS) is 19.5. The van der Waals surface area contributed by atoms with E-state index < -0.39 is 10.0 Å². The topological polar surface area (TPSA) is 122 Å². The van der Waals surface area contributed by atoms with Crippen LogP contribution in [0, 0.1) is 5.92 Å². The van der Waals surface area contributed by atoms with Crippen LogP contribution in [0.5, 0.6) is 5.75 Å². The molecule has 0 radical (unpaired) electrons. The molecule has 0 aliphatic carbocycles. The highest BCUT2D eigenvalue weighted by molar-refractivity contribution is 7.89. The number of carbonyl (C=O) groups excluding carboxylic acids is 2. The Kier molecular flexibility index (Phi) is 7.90. The molecule has 0 unspecified atom stereocenters. The van der Waals surface area contributed by atoms with Crippen molar-refractivity contribution in [1.29, 1.82) is 0 Å². The number of anilines is 1. The lowest BCUT2D eigenvalue weighted by Gasteiger charge is -2.29. The summed E-state index contributed by atoms with van der Waals surface area (Å²) in [5.41, 5.74) is 5.69. The maximum atomic E-state index is 13.1. The van der Waals surface area contributed by atoms with Gasteiger partial charge in [0.05, 0.1) is 24.2 Å². The predicted molar refractivity (Wildman–Crippen MR) is 117 cm³/mol. The molecule has 2 saturated heterocycles. The van der Waals surface area contributed by atoms with Crippen LogP contribution in [-0.4, -0.2) is 69.3 Å². The molecule has 0 saturated carbocycles. The summed E-state index contributed by atoms with van der Waals surface area (Å²) < 4.78 is 33.1. The number of methoxy groups -OCH3 is 1. The predicted octanol–water partition coefficient (Wildman–Crippen LogP) is 1.40. The summed E-state index contributed by atoms with van der Waals surface area (Å²) in [7, 11) is -2.16. The van der Waals surface area contributed by atoms with Crippen molar-refractivity contribution in [2.24, 2.45) is 11.7 Å². The fourth-order valence-electron chi connectivity index (χ4n) is 4.14. The van der Waals surface area contributed by atoms with Gasteiger partial charge in [-0.25, -0.2) is 8.42 Å². The van der Waals surface area contributed by atoms with Gasteiger partial charge >= 0.3 is 0 Å². The van der Waals surface area contributed by atoms with Crippen molar-refractivity contribution in [3.05, 3.63) is 18.2 Å². The van der Waals surface area contributed by atoms with Crippen LogP contribution in [0.25, 0.3) is 0 Å². The third-order valence-electron chi connectivity index (χ3n) is 6.00. The van der Waals surface area contributed by atoms with Crippen LogP contribution in [0.4, 0.5) is 5.69 Å². The molecule has 2 heterocycles. The number of sulfonamides is 1. The number of carbonyl (C=O) groups is 2. The SMILES string of the molecule is COc1ccc(S(=O)(=O)N2CCCCCC2)cc1NC(=O)CN1CCC(C(N)=O)CC1. The van der Waals surface area contributed by atoms with E-state index in [9.17, 15) is 18.0 Å². The smallest absolute Gasteiger partial charge is 0.243 e. The van der Waals surface area contributed by atoms with E-state index in [1.54, 1.807) is 6.07 Å². The van der Waals surface area contributed by atoms with E-state index in [2.05, 4.69) is 5.32 Å². The zero-order chi connectivity index (χ0) is 22.4. The number of rotatable bonds is 7. The Labute approximate surface area is 184 Å². The fraction of sp³-hybridized carbons (Fsp3) is 0.619. The second-order valence-electron chi connectivity index (χ2n) is 8.18. The number of nitrogens with two attached hydrogens (primary N) is 1. The van der Waals surface area contributed by atoms with E-state index >= 15 is 0 Å². The lowest BCUT2D eigenvalue weighted by molar-refractivity contribution is -0.123. The molecule has 3 N–H and O–H groups in total. The summed E-state index contributed by atoms with van der Waals surface area (Å²) in [5, 5.41) is 2.79. The standard InChI is InChI=1S/C21H32N4O5S/c1-30-19-7-6-17(31(28,29)25-10-4-2-3-5-11-25)14-18(19)23-20(26)15-24-12-8-16(9-13-24)21(22)27/h6-7,14,16H,2-5,8-13,15H2,1H3,(H2,22,27)(H,23,26). The number of ether oxygens (including phenoxy) is 1. The van der Waals surface area contributed by atoms with Crippen LogP contribution in [-0.2, 0) is 19.6 Å². The third-order valence-corrected chi connectivity index (χ3v) is 7.90. The van der Waals surface area contributed by atoms with Gasteiger partial charge in [-0.15, -0.1) is 0 Å². The lowest BCUT2D eigenvalue weighted by atomic mass is 9.96. The third kappa shape index (κ3) is 5.96. The number of piperidine rings is 1. The zero-order valence-corrected chi connectivity index (χ0v) is 18.8. The minimum atomic E-state index is -3.64. The number of likely N-dealkylation sites (tertiary alicyclic amines) is 1. The van der Waals surface area contributed by atoms with Crippen LogP contribution < -0.4 is 15.8 Å². The van der Waals surface area contributed by atoms with E-state index in [0.29, 0.717) is 50.5 Å². The Morgan fingerprint density at radius 3 is 2.32 bits per heavy atom. The first-order valence-corrected chi connectivity index (χ1v) is 12.2. The van der Waals surface area contributed by atoms with Gasteiger partial charge in [0, 0.05) is 19.0 Å². The number of hydrogen-bond donors (Lipinski definition) is 2. The number of hydrogen-bond acceptors (Lipinski definition) is 6. The van der Waals surface area contributed by atoms with Gasteiger partial charge in [0.15, 0.2) is 0 Å². The lowest BCUT2D eigenvalue weighted by Crippen LogP contribution is -2.42. The van der Waals surface area contributed by atoms with Gasteiger partial charge in [0.1, 0.15) is 5.75 Å². The summed E-state index contributed by atoms with van der Waals surface area (Å²) in [5.74, 6) is -0.299. The summed E-state index contributed by atoms with van der Waals surface area (Å²) in [4.78, 5) is 26.0. The molecule has 172 valence electrons. The second kappa shape index (κ2) is 10.4. The maximum Gasteiger partial charge on any atom is 0.243 e. The highest BCUT2D eigenvalue weighted by atomic mass is 32.2. The van der Waals surface area contributed by atoms with Crippen molar-refractivity contribution < 1.29 is 22.7 Å². The second-order valence-corrected chi connectivity index (χ2v) is 10.1. The van der Waals surface area contributed by atoms with Gasteiger partial charge in [0.2, 0.25) is 21.8 Å². The summed E-state index contributed by atoms with van der Waals surface area (Å²) in [6.07, 6.45) is 5.04. The molecule has 1 aromatic rings. The van der Waals surface area contributed by atoms with E-state index in [4.69, 9.17) is 10.5 Å². The summed E-state index contributed by atoms with van der Waals surface area (Å²) in [6.45, 7) is 2.40. The molecule has 0 atom stereocenters. The number of nitrogens with one attached hydrogen (secondary N) is 1. The average Bonchev–Trinajstić information content (AvgIpc) is 3.04. The molecule has 1 aromatic carbocycles. The highest BCUT2D eigenvalue weighted by Crippen LogP contribution is 2.30. The van der Waals surface area contributed by atoms with Crippen molar-refractivity contribution in [3.8, 4) is 5.75 Å². The summed E-state index contributed by atoms with van der Waals surface area (Å²) in [6, 6.07) is 4.55. The first-order chi connectivity index (χ1) is 14.8. The minimum absolute atomic E-state index is 0.139. The van der Waals surface area contributed by atoms with Gasteiger partial charge in [-0.1, -0.05) is 12.8 Å². The van der Waals surface area contributed by atoms with E-state index in [-0.39, 0.29) is 29.2 Å². The number of nitrogens with zero attached hydrogens (tertiary/aromatic N) is 2. The van der Waals surface area contributed by atoms with Crippen molar-refractivity contribution in [3.63, 3.8) is 0 Å². The van der Waals surface area contributed by atoms with Gasteiger partial charge < -0.3 is 15.8 Å². The molecule has 2 amide bonds. The Morgan fingerprint density at radius 2 is 1.74 bits per heavy atom. The van der Waals surface area contributed by atoms with Crippen molar-refractivity contribution in [2.45, 2.75) is 43.4 Å². The van der Waals surface area contributed by atoms with E-state index in [0.717, 1.165) is 25.7 Å². The molecular formula is C21H32N4O5S. The Bertz CT molecular complexity index is 889. The quantitative estimate of drug-likeness (QED) is 0.645. The average molecular weight is 453 g/mol. The monoisotopic (exact) mass is 452 g/mol. The van der Waals surface area contributed by atoms with Crippen LogP contribution in [0.3, 0.4) is 0 Å². The maximum absolute atomic E-state index is 13.1. The first kappa shape index (κ1) is 23.5. The molecule has 2 fully saturated rings. The van der Waals surface area contributed by atoms with Crippen molar-refractivity contribution in [1.82, 2.24) is 9.21 Å². The molecule has 2 aliphatic rings. The Hall–Kier alpha value is -2.17. The largest absolute Gasteiger partial charge is 0.495 e. The molecule has 2 aliphatic heterocycles. The number of amides is 2. The first-order valence-electron chi connectivity index (χ1n) is 10.8. The molecule has 9 nitrogen and oxygen atoms in total. The van der Waals surface area contributed by atoms with Crippen LogP contribution >= 0.6 is 0 Å². The molecule has 31 heavy (non-hydrogen) atoms. The highest BCUT2D eigenvalue weighted by Gasteiger charge is 2.27. The zero-order valence-electron chi connectivity index (χ0n) is 18.0. The van der Waals surface area contributed by atoms with Crippen molar-refractivity contribution in [2.75, 3.05) is 45.2 Å². The van der Waals surface area contributed by atoms with Crippen LogP contribution in [0.15, 0.2) is 23.1 Å². The molecule has 0 spiro atoms. The van der Waals surface area contributed by atoms with Crippen LogP contribution in [0.1, 0.15) is 38.5 Å². The van der Waals surface area contributed by atoms with Gasteiger partial charge in [-0.2, -0.15) is 4.31 Å². The molecular weight excluding hydrogens is 420 g/mol. The fourth-order valence-corrected chi connectivity index (χ4v) is 5.69. The molecule has 10 heteroatoms. The molecule has 0 aromatic heterocycles. The Morgan fingerprint density at radius 1 is 1.10 bits per heavy atom.